The first-order chi connectivity index (χ1) is 7.66. The zero-order chi connectivity index (χ0) is 11.4. The predicted molar refractivity (Wildman–Crippen MR) is 61.3 cm³/mol. The number of hydrogen-bond acceptors (Lipinski definition) is 4. The van der Waals surface area contributed by atoms with E-state index in [2.05, 4.69) is 15.0 Å². The second-order valence-electron chi connectivity index (χ2n) is 3.89. The summed E-state index contributed by atoms with van der Waals surface area (Å²) in [6.07, 6.45) is 2.45. The van der Waals surface area contributed by atoms with Gasteiger partial charge >= 0.3 is 0 Å². The average Bonchev–Trinajstić information content (AvgIpc) is 2.70. The van der Waals surface area contributed by atoms with Crippen LogP contribution in [0.1, 0.15) is 12.1 Å². The molecule has 0 aliphatic carbocycles. The second-order valence-corrected chi connectivity index (χ2v) is 5.64. The maximum atomic E-state index is 11.8. The first-order valence-electron chi connectivity index (χ1n) is 5.26. The van der Waals surface area contributed by atoms with Gasteiger partial charge in [-0.2, -0.15) is 0 Å². The first-order valence-corrected chi connectivity index (χ1v) is 6.91. The van der Waals surface area contributed by atoms with E-state index in [4.69, 9.17) is 0 Å². The summed E-state index contributed by atoms with van der Waals surface area (Å²) in [7, 11) is -3.27. The van der Waals surface area contributed by atoms with Crippen molar-refractivity contribution in [2.24, 2.45) is 0 Å². The van der Waals surface area contributed by atoms with E-state index >= 15 is 0 Å². The lowest BCUT2D eigenvalue weighted by Crippen LogP contribution is -2.37. The molecule has 2 rings (SSSR count). The van der Waals surface area contributed by atoms with E-state index in [-0.39, 0.29) is 11.8 Å². The van der Waals surface area contributed by atoms with Gasteiger partial charge in [-0.1, -0.05) is 6.07 Å². The highest BCUT2D eigenvalue weighted by Gasteiger charge is 2.21. The molecule has 2 heterocycles. The van der Waals surface area contributed by atoms with E-state index in [1.54, 1.807) is 24.4 Å². The average molecular weight is 241 g/mol. The van der Waals surface area contributed by atoms with Gasteiger partial charge in [0.1, 0.15) is 5.75 Å². The van der Waals surface area contributed by atoms with E-state index in [1.165, 1.54) is 0 Å². The monoisotopic (exact) mass is 241 g/mol. The van der Waals surface area contributed by atoms with Gasteiger partial charge in [-0.15, -0.1) is 0 Å². The lowest BCUT2D eigenvalue weighted by molar-refractivity contribution is 0.558. The highest BCUT2D eigenvalue weighted by molar-refractivity contribution is 7.88. The van der Waals surface area contributed by atoms with Crippen LogP contribution in [0.4, 0.5) is 0 Å². The van der Waals surface area contributed by atoms with Gasteiger partial charge in [0.25, 0.3) is 0 Å². The Morgan fingerprint density at radius 1 is 1.50 bits per heavy atom. The fourth-order valence-corrected chi connectivity index (χ4v) is 3.08. The van der Waals surface area contributed by atoms with Gasteiger partial charge in [-0.05, 0) is 25.1 Å². The van der Waals surface area contributed by atoms with Gasteiger partial charge in [-0.3, -0.25) is 4.98 Å². The standard InChI is InChI=1S/C10H15N3O2S/c14-16(15,13-9-4-6-11-7-9)8-10-3-1-2-5-12-10/h1-3,5,9,11,13H,4,6-8H2. The number of nitrogens with one attached hydrogen (secondary N) is 2. The molecule has 1 saturated heterocycles. The summed E-state index contributed by atoms with van der Waals surface area (Å²) >= 11 is 0. The summed E-state index contributed by atoms with van der Waals surface area (Å²) in [4.78, 5) is 4.00. The van der Waals surface area contributed by atoms with E-state index in [0.717, 1.165) is 13.0 Å². The molecule has 0 saturated carbocycles. The topological polar surface area (TPSA) is 71.1 Å². The summed E-state index contributed by atoms with van der Waals surface area (Å²) in [5.41, 5.74) is 0.570. The van der Waals surface area contributed by atoms with Crippen LogP contribution in [-0.4, -0.2) is 32.5 Å². The molecule has 6 heteroatoms. The van der Waals surface area contributed by atoms with Crippen LogP contribution in [0.25, 0.3) is 0 Å². The summed E-state index contributed by atoms with van der Waals surface area (Å²) in [6.45, 7) is 1.58. The summed E-state index contributed by atoms with van der Waals surface area (Å²) in [5.74, 6) is -0.0513. The molecule has 0 spiro atoms. The maximum Gasteiger partial charge on any atom is 0.217 e. The van der Waals surface area contributed by atoms with E-state index < -0.39 is 10.0 Å². The number of pyridine rings is 1. The number of hydrogen-bond donors (Lipinski definition) is 2. The molecule has 0 bridgehead atoms. The van der Waals surface area contributed by atoms with Gasteiger partial charge in [0.15, 0.2) is 0 Å². The van der Waals surface area contributed by atoms with E-state index in [0.29, 0.717) is 12.2 Å². The lowest BCUT2D eigenvalue weighted by atomic mass is 10.3. The van der Waals surface area contributed by atoms with Crippen molar-refractivity contribution >= 4 is 10.0 Å². The number of rotatable bonds is 4. The Balaban J connectivity index is 1.97. The number of aromatic nitrogens is 1. The van der Waals surface area contributed by atoms with Crippen LogP contribution in [0.15, 0.2) is 24.4 Å². The summed E-state index contributed by atoms with van der Waals surface area (Å²) in [5, 5.41) is 3.12. The Morgan fingerprint density at radius 3 is 3.00 bits per heavy atom. The molecule has 0 amide bonds. The molecule has 5 nitrogen and oxygen atoms in total. The van der Waals surface area contributed by atoms with Crippen LogP contribution in [0.2, 0.25) is 0 Å². The second kappa shape index (κ2) is 4.90. The van der Waals surface area contributed by atoms with E-state index in [1.807, 2.05) is 0 Å². The van der Waals surface area contributed by atoms with Gasteiger partial charge in [0.2, 0.25) is 10.0 Å². The molecule has 0 radical (unpaired) electrons. The Bertz CT molecular complexity index is 427. The van der Waals surface area contributed by atoms with Gasteiger partial charge in [0.05, 0.1) is 5.69 Å². The van der Waals surface area contributed by atoms with Crippen LogP contribution in [0, 0.1) is 0 Å². The van der Waals surface area contributed by atoms with Crippen molar-refractivity contribution in [3.8, 4) is 0 Å². The molecule has 1 aromatic rings. The minimum Gasteiger partial charge on any atom is -0.315 e. The van der Waals surface area contributed by atoms with Crippen molar-refractivity contribution in [2.75, 3.05) is 13.1 Å². The Labute approximate surface area is 95.3 Å². The Hall–Kier alpha value is -0.980. The van der Waals surface area contributed by atoms with Crippen molar-refractivity contribution in [2.45, 2.75) is 18.2 Å². The molecular formula is C10H15N3O2S. The molecule has 2 N–H and O–H groups in total. The van der Waals surface area contributed by atoms with Crippen LogP contribution in [0.3, 0.4) is 0 Å². The molecular weight excluding hydrogens is 226 g/mol. The number of sulfonamides is 1. The van der Waals surface area contributed by atoms with Crippen LogP contribution < -0.4 is 10.0 Å². The third-order valence-electron chi connectivity index (χ3n) is 2.47. The SMILES string of the molecule is O=S(=O)(Cc1ccccn1)NC1CCNC1. The third kappa shape index (κ3) is 3.26. The van der Waals surface area contributed by atoms with Gasteiger partial charge < -0.3 is 5.32 Å². The summed E-state index contributed by atoms with van der Waals surface area (Å²) in [6, 6.07) is 5.29. The molecule has 1 aliphatic rings. The quantitative estimate of drug-likeness (QED) is 0.770. The normalized spacial score (nSPS) is 21.1. The maximum absolute atomic E-state index is 11.8. The van der Waals surface area contributed by atoms with Crippen LogP contribution in [-0.2, 0) is 15.8 Å². The molecule has 1 unspecified atom stereocenters. The molecule has 1 aliphatic heterocycles. The highest BCUT2D eigenvalue weighted by atomic mass is 32.2. The molecule has 16 heavy (non-hydrogen) atoms. The lowest BCUT2D eigenvalue weighted by Gasteiger charge is -2.11. The van der Waals surface area contributed by atoms with Crippen LogP contribution >= 0.6 is 0 Å². The fraction of sp³-hybridized carbons (Fsp3) is 0.500. The minimum absolute atomic E-state index is 0.0220. The van der Waals surface area contributed by atoms with Crippen molar-refractivity contribution in [3.63, 3.8) is 0 Å². The highest BCUT2D eigenvalue weighted by Crippen LogP contribution is 2.04. The Kier molecular flexibility index (Phi) is 3.52. The minimum atomic E-state index is -3.27. The fourth-order valence-electron chi connectivity index (χ4n) is 1.73. The van der Waals surface area contributed by atoms with Crippen molar-refractivity contribution in [1.29, 1.82) is 0 Å². The molecule has 1 fully saturated rings. The zero-order valence-electron chi connectivity index (χ0n) is 8.89. The molecule has 1 atom stereocenters. The van der Waals surface area contributed by atoms with Gasteiger partial charge in [-0.25, -0.2) is 13.1 Å². The van der Waals surface area contributed by atoms with E-state index in [9.17, 15) is 8.42 Å². The number of nitrogens with zero attached hydrogens (tertiary/aromatic N) is 1. The van der Waals surface area contributed by atoms with Gasteiger partial charge in [0, 0.05) is 18.8 Å². The van der Waals surface area contributed by atoms with Crippen molar-refractivity contribution in [1.82, 2.24) is 15.0 Å². The molecule has 0 aromatic carbocycles. The molecule has 88 valence electrons. The largest absolute Gasteiger partial charge is 0.315 e. The predicted octanol–water partition coefficient (Wildman–Crippen LogP) is -0.137. The summed E-state index contributed by atoms with van der Waals surface area (Å²) < 4.78 is 26.2. The first kappa shape index (κ1) is 11.5. The Morgan fingerprint density at radius 2 is 2.38 bits per heavy atom. The van der Waals surface area contributed by atoms with Crippen molar-refractivity contribution < 1.29 is 8.42 Å². The third-order valence-corrected chi connectivity index (χ3v) is 3.84. The molecule has 1 aromatic heterocycles. The van der Waals surface area contributed by atoms with Crippen LogP contribution in [0.5, 0.6) is 0 Å². The smallest absolute Gasteiger partial charge is 0.217 e. The van der Waals surface area contributed by atoms with Crippen molar-refractivity contribution in [3.05, 3.63) is 30.1 Å². The zero-order valence-corrected chi connectivity index (χ0v) is 9.70.